The van der Waals surface area contributed by atoms with Gasteiger partial charge in [-0.2, -0.15) is 5.10 Å². The van der Waals surface area contributed by atoms with Crippen molar-refractivity contribution in [1.82, 2.24) is 14.8 Å². The summed E-state index contributed by atoms with van der Waals surface area (Å²) in [5.41, 5.74) is 9.58. The summed E-state index contributed by atoms with van der Waals surface area (Å²) >= 11 is 5.00. The SMILES string of the molecule is Cc1c(CNc2cnccc2C(N)=S)cnn1C. The van der Waals surface area contributed by atoms with Gasteiger partial charge in [0.1, 0.15) is 4.99 Å². The van der Waals surface area contributed by atoms with Gasteiger partial charge in [-0.25, -0.2) is 0 Å². The second-order valence-electron chi connectivity index (χ2n) is 4.02. The molecule has 2 rings (SSSR count). The van der Waals surface area contributed by atoms with Crippen LogP contribution in [-0.2, 0) is 13.6 Å². The fourth-order valence-corrected chi connectivity index (χ4v) is 1.84. The summed E-state index contributed by atoms with van der Waals surface area (Å²) in [5, 5.41) is 7.48. The van der Waals surface area contributed by atoms with Crippen molar-refractivity contribution in [3.63, 3.8) is 0 Å². The average Bonchev–Trinajstić information content (AvgIpc) is 2.68. The molecular formula is C12H15N5S. The van der Waals surface area contributed by atoms with Crippen LogP contribution < -0.4 is 11.1 Å². The summed E-state index contributed by atoms with van der Waals surface area (Å²) in [5.74, 6) is 0. The predicted octanol–water partition coefficient (Wildman–Crippen LogP) is 1.37. The first-order valence-corrected chi connectivity index (χ1v) is 5.95. The Morgan fingerprint density at radius 1 is 1.50 bits per heavy atom. The lowest BCUT2D eigenvalue weighted by Crippen LogP contribution is -2.13. The van der Waals surface area contributed by atoms with E-state index in [-0.39, 0.29) is 0 Å². The minimum Gasteiger partial charge on any atom is -0.389 e. The zero-order chi connectivity index (χ0) is 13.1. The second kappa shape index (κ2) is 5.14. The molecular weight excluding hydrogens is 246 g/mol. The standard InChI is InChI=1S/C12H15N5S/c1-8-9(6-16-17(8)2)5-15-11-7-14-4-3-10(11)12(13)18/h3-4,6-7,15H,5H2,1-2H3,(H2,13,18). The normalized spacial score (nSPS) is 10.3. The molecule has 2 heterocycles. The number of nitrogens with two attached hydrogens (primary N) is 1. The molecule has 94 valence electrons. The van der Waals surface area contributed by atoms with E-state index in [1.54, 1.807) is 18.5 Å². The van der Waals surface area contributed by atoms with Crippen molar-refractivity contribution < 1.29 is 0 Å². The largest absolute Gasteiger partial charge is 0.389 e. The molecule has 0 atom stereocenters. The van der Waals surface area contributed by atoms with Crippen molar-refractivity contribution in [2.24, 2.45) is 12.8 Å². The molecule has 0 radical (unpaired) electrons. The van der Waals surface area contributed by atoms with Gasteiger partial charge in [-0.1, -0.05) is 12.2 Å². The Morgan fingerprint density at radius 2 is 2.28 bits per heavy atom. The molecule has 0 fully saturated rings. The van der Waals surface area contributed by atoms with E-state index in [2.05, 4.69) is 15.4 Å². The summed E-state index contributed by atoms with van der Waals surface area (Å²) in [6.45, 7) is 2.70. The molecule has 18 heavy (non-hydrogen) atoms. The van der Waals surface area contributed by atoms with E-state index in [0.29, 0.717) is 11.5 Å². The third-order valence-electron chi connectivity index (χ3n) is 2.89. The maximum absolute atomic E-state index is 5.66. The van der Waals surface area contributed by atoms with Gasteiger partial charge in [-0.05, 0) is 13.0 Å². The van der Waals surface area contributed by atoms with Crippen molar-refractivity contribution in [3.05, 3.63) is 41.5 Å². The number of pyridine rings is 1. The monoisotopic (exact) mass is 261 g/mol. The topological polar surface area (TPSA) is 68.8 Å². The molecule has 0 saturated heterocycles. The summed E-state index contributed by atoms with van der Waals surface area (Å²) in [7, 11) is 1.92. The number of nitrogens with zero attached hydrogens (tertiary/aromatic N) is 3. The molecule has 0 unspecified atom stereocenters. The first kappa shape index (κ1) is 12.5. The number of aromatic nitrogens is 3. The van der Waals surface area contributed by atoms with Crippen molar-refractivity contribution in [3.8, 4) is 0 Å². The highest BCUT2D eigenvalue weighted by Gasteiger charge is 2.07. The smallest absolute Gasteiger partial charge is 0.106 e. The summed E-state index contributed by atoms with van der Waals surface area (Å²) in [4.78, 5) is 4.43. The van der Waals surface area contributed by atoms with Crippen LogP contribution in [0.3, 0.4) is 0 Å². The fourth-order valence-electron chi connectivity index (χ4n) is 1.66. The third kappa shape index (κ3) is 2.48. The quantitative estimate of drug-likeness (QED) is 0.814. The Kier molecular flexibility index (Phi) is 3.57. The predicted molar refractivity (Wildman–Crippen MR) is 75.4 cm³/mol. The molecule has 0 aliphatic carbocycles. The summed E-state index contributed by atoms with van der Waals surface area (Å²) in [6.07, 6.45) is 5.24. The lowest BCUT2D eigenvalue weighted by molar-refractivity contribution is 0.738. The van der Waals surface area contributed by atoms with E-state index >= 15 is 0 Å². The first-order chi connectivity index (χ1) is 8.59. The van der Waals surface area contributed by atoms with Crippen molar-refractivity contribution >= 4 is 22.9 Å². The molecule has 6 heteroatoms. The highest BCUT2D eigenvalue weighted by atomic mass is 32.1. The van der Waals surface area contributed by atoms with Gasteiger partial charge in [0.15, 0.2) is 0 Å². The number of anilines is 1. The van der Waals surface area contributed by atoms with E-state index in [9.17, 15) is 0 Å². The fraction of sp³-hybridized carbons (Fsp3) is 0.250. The first-order valence-electron chi connectivity index (χ1n) is 5.54. The third-order valence-corrected chi connectivity index (χ3v) is 3.11. The van der Waals surface area contributed by atoms with Crippen molar-refractivity contribution in [1.29, 1.82) is 0 Å². The van der Waals surface area contributed by atoms with Gasteiger partial charge in [0, 0.05) is 36.6 Å². The average molecular weight is 261 g/mol. The molecule has 0 aromatic carbocycles. The molecule has 0 aliphatic heterocycles. The van der Waals surface area contributed by atoms with E-state index < -0.39 is 0 Å². The van der Waals surface area contributed by atoms with E-state index in [0.717, 1.165) is 22.5 Å². The number of hydrogen-bond acceptors (Lipinski definition) is 4. The molecule has 0 amide bonds. The number of rotatable bonds is 4. The Balaban J connectivity index is 2.16. The van der Waals surface area contributed by atoms with Crippen LogP contribution in [-0.4, -0.2) is 19.8 Å². The summed E-state index contributed by atoms with van der Waals surface area (Å²) in [6, 6.07) is 1.81. The van der Waals surface area contributed by atoms with Gasteiger partial charge in [0.05, 0.1) is 18.1 Å². The molecule has 0 spiro atoms. The highest BCUT2D eigenvalue weighted by molar-refractivity contribution is 7.80. The van der Waals surface area contributed by atoms with Crippen molar-refractivity contribution in [2.75, 3.05) is 5.32 Å². The van der Waals surface area contributed by atoms with Gasteiger partial charge in [-0.3, -0.25) is 9.67 Å². The van der Waals surface area contributed by atoms with Gasteiger partial charge in [0.2, 0.25) is 0 Å². The van der Waals surface area contributed by atoms with Crippen molar-refractivity contribution in [2.45, 2.75) is 13.5 Å². The Bertz CT molecular complexity index is 576. The molecule has 0 saturated carbocycles. The van der Waals surface area contributed by atoms with Crippen LogP contribution in [0.1, 0.15) is 16.8 Å². The number of aryl methyl sites for hydroxylation is 1. The van der Waals surface area contributed by atoms with E-state index in [1.165, 1.54) is 0 Å². The molecule has 0 aliphatic rings. The number of nitrogens with one attached hydrogen (secondary N) is 1. The van der Waals surface area contributed by atoms with E-state index in [4.69, 9.17) is 18.0 Å². The minimum atomic E-state index is 0.364. The number of thiocarbonyl (C=S) groups is 1. The minimum absolute atomic E-state index is 0.364. The molecule has 5 nitrogen and oxygen atoms in total. The molecule has 2 aromatic heterocycles. The molecule has 3 N–H and O–H groups in total. The Labute approximate surface area is 111 Å². The van der Waals surface area contributed by atoms with Gasteiger partial charge < -0.3 is 11.1 Å². The van der Waals surface area contributed by atoms with Crippen LogP contribution in [0.15, 0.2) is 24.7 Å². The lowest BCUT2D eigenvalue weighted by Gasteiger charge is -2.10. The van der Waals surface area contributed by atoms with Crippen LogP contribution >= 0.6 is 12.2 Å². The number of hydrogen-bond donors (Lipinski definition) is 2. The van der Waals surface area contributed by atoms with Crippen LogP contribution in [0.25, 0.3) is 0 Å². The Morgan fingerprint density at radius 3 is 2.89 bits per heavy atom. The van der Waals surface area contributed by atoms with Crippen LogP contribution in [0.5, 0.6) is 0 Å². The van der Waals surface area contributed by atoms with Gasteiger partial charge in [0.25, 0.3) is 0 Å². The maximum Gasteiger partial charge on any atom is 0.106 e. The van der Waals surface area contributed by atoms with Gasteiger partial charge >= 0.3 is 0 Å². The molecule has 0 bridgehead atoms. The van der Waals surface area contributed by atoms with Gasteiger partial charge in [-0.15, -0.1) is 0 Å². The Hall–Kier alpha value is -1.95. The highest BCUT2D eigenvalue weighted by Crippen LogP contribution is 2.15. The van der Waals surface area contributed by atoms with Crippen LogP contribution in [0.4, 0.5) is 5.69 Å². The van der Waals surface area contributed by atoms with Crippen LogP contribution in [0, 0.1) is 6.92 Å². The summed E-state index contributed by atoms with van der Waals surface area (Å²) < 4.78 is 1.84. The molecule has 2 aromatic rings. The van der Waals surface area contributed by atoms with E-state index in [1.807, 2.05) is 24.9 Å². The maximum atomic E-state index is 5.66. The zero-order valence-corrected chi connectivity index (χ0v) is 11.2. The second-order valence-corrected chi connectivity index (χ2v) is 4.46. The van der Waals surface area contributed by atoms with Crippen LogP contribution in [0.2, 0.25) is 0 Å². The zero-order valence-electron chi connectivity index (χ0n) is 10.3. The lowest BCUT2D eigenvalue weighted by atomic mass is 10.2.